The highest BCUT2D eigenvalue weighted by atomic mass is 35.5. The van der Waals surface area contributed by atoms with Gasteiger partial charge in [0.15, 0.2) is 0 Å². The van der Waals surface area contributed by atoms with E-state index in [1.54, 1.807) is 20.0 Å². The summed E-state index contributed by atoms with van der Waals surface area (Å²) in [4.78, 5) is 1.95. The molecule has 1 unspecified atom stereocenters. The largest absolute Gasteiger partial charge is 0.316 e. The Morgan fingerprint density at radius 2 is 1.90 bits per heavy atom. The Hall–Kier alpha value is -0.370. The molecule has 0 aliphatic rings. The summed E-state index contributed by atoms with van der Waals surface area (Å²) >= 11 is 12.3. The number of likely N-dealkylation sites (N-methyl/N-ethyl adjacent to an activating group) is 1. The number of hydrogen-bond donors (Lipinski definition) is 2. The van der Waals surface area contributed by atoms with Gasteiger partial charge in [0, 0.05) is 29.7 Å². The Bertz CT molecular complexity index is 591. The van der Waals surface area contributed by atoms with Gasteiger partial charge < -0.3 is 10.2 Å². The van der Waals surface area contributed by atoms with Crippen LogP contribution in [0.5, 0.6) is 0 Å². The van der Waals surface area contributed by atoms with E-state index in [1.807, 2.05) is 19.0 Å². The second-order valence-electron chi connectivity index (χ2n) is 5.15. The summed E-state index contributed by atoms with van der Waals surface area (Å²) < 4.78 is 27.5. The standard InChI is InChI=1S/C13H21Cl2N3O2S/c1-9(8-18(3)4)17-21(19,20)12-6-5-11(14)10(7-16-2)13(12)15/h5-6,9,16-17H,7-8H2,1-4H3. The first-order valence-corrected chi connectivity index (χ1v) is 8.71. The number of nitrogens with zero attached hydrogens (tertiary/aromatic N) is 1. The maximum atomic E-state index is 12.4. The molecule has 21 heavy (non-hydrogen) atoms. The summed E-state index contributed by atoms with van der Waals surface area (Å²) in [6, 6.07) is 2.74. The van der Waals surface area contributed by atoms with Crippen molar-refractivity contribution in [3.63, 3.8) is 0 Å². The van der Waals surface area contributed by atoms with Crippen LogP contribution in [-0.2, 0) is 16.6 Å². The molecule has 0 radical (unpaired) electrons. The minimum absolute atomic E-state index is 0.0458. The van der Waals surface area contributed by atoms with E-state index in [4.69, 9.17) is 23.2 Å². The normalized spacial score (nSPS) is 13.7. The van der Waals surface area contributed by atoms with Gasteiger partial charge in [-0.05, 0) is 40.2 Å². The Morgan fingerprint density at radius 3 is 2.43 bits per heavy atom. The van der Waals surface area contributed by atoms with Gasteiger partial charge in [-0.2, -0.15) is 0 Å². The first kappa shape index (κ1) is 18.7. The minimum Gasteiger partial charge on any atom is -0.316 e. The molecule has 1 atom stereocenters. The topological polar surface area (TPSA) is 61.4 Å². The van der Waals surface area contributed by atoms with Crippen LogP contribution in [0.15, 0.2) is 17.0 Å². The molecule has 0 aromatic heterocycles. The van der Waals surface area contributed by atoms with Crippen LogP contribution >= 0.6 is 23.2 Å². The molecule has 0 aliphatic carbocycles. The minimum atomic E-state index is -3.69. The second-order valence-corrected chi connectivity index (χ2v) is 7.62. The van der Waals surface area contributed by atoms with Crippen LogP contribution in [0.1, 0.15) is 12.5 Å². The van der Waals surface area contributed by atoms with Crippen molar-refractivity contribution in [3.05, 3.63) is 27.7 Å². The number of rotatable bonds is 7. The fourth-order valence-corrected chi connectivity index (χ4v) is 4.18. The lowest BCUT2D eigenvalue weighted by Gasteiger charge is -2.19. The molecule has 0 spiro atoms. The lowest BCUT2D eigenvalue weighted by molar-refractivity contribution is 0.370. The van der Waals surface area contributed by atoms with Crippen LogP contribution in [0.4, 0.5) is 0 Å². The van der Waals surface area contributed by atoms with E-state index >= 15 is 0 Å². The van der Waals surface area contributed by atoms with E-state index < -0.39 is 10.0 Å². The van der Waals surface area contributed by atoms with E-state index in [0.29, 0.717) is 23.7 Å². The quantitative estimate of drug-likeness (QED) is 0.786. The van der Waals surface area contributed by atoms with Gasteiger partial charge in [0.25, 0.3) is 0 Å². The van der Waals surface area contributed by atoms with E-state index in [2.05, 4.69) is 10.0 Å². The van der Waals surface area contributed by atoms with Gasteiger partial charge >= 0.3 is 0 Å². The highest BCUT2D eigenvalue weighted by Crippen LogP contribution is 2.31. The van der Waals surface area contributed by atoms with Crippen LogP contribution in [0.25, 0.3) is 0 Å². The first-order chi connectivity index (χ1) is 9.69. The second kappa shape index (κ2) is 7.76. The smallest absolute Gasteiger partial charge is 0.242 e. The van der Waals surface area contributed by atoms with E-state index in [0.717, 1.165) is 0 Å². The molecule has 0 heterocycles. The Labute approximate surface area is 136 Å². The number of hydrogen-bond acceptors (Lipinski definition) is 4. The molecule has 0 saturated carbocycles. The number of sulfonamides is 1. The SMILES string of the molecule is CNCc1c(Cl)ccc(S(=O)(=O)NC(C)CN(C)C)c1Cl. The molecule has 0 amide bonds. The molecule has 1 aromatic carbocycles. The molecular weight excluding hydrogens is 333 g/mol. The summed E-state index contributed by atoms with van der Waals surface area (Å²) in [5.74, 6) is 0. The average molecular weight is 354 g/mol. The molecule has 0 saturated heterocycles. The highest BCUT2D eigenvalue weighted by Gasteiger charge is 2.23. The van der Waals surface area contributed by atoms with Gasteiger partial charge in [-0.25, -0.2) is 13.1 Å². The third kappa shape index (κ3) is 5.09. The molecular formula is C13H21Cl2N3O2S. The lowest BCUT2D eigenvalue weighted by Crippen LogP contribution is -2.39. The van der Waals surface area contributed by atoms with Crippen molar-refractivity contribution in [2.24, 2.45) is 0 Å². The molecule has 8 heteroatoms. The molecule has 120 valence electrons. The van der Waals surface area contributed by atoms with Crippen molar-refractivity contribution in [3.8, 4) is 0 Å². The van der Waals surface area contributed by atoms with E-state index in [1.165, 1.54) is 6.07 Å². The van der Waals surface area contributed by atoms with E-state index in [9.17, 15) is 8.42 Å². The van der Waals surface area contributed by atoms with Crippen LogP contribution < -0.4 is 10.0 Å². The number of benzene rings is 1. The molecule has 0 bridgehead atoms. The van der Waals surface area contributed by atoms with Crippen molar-refractivity contribution in [2.75, 3.05) is 27.7 Å². The fraction of sp³-hybridized carbons (Fsp3) is 0.538. The third-order valence-electron chi connectivity index (χ3n) is 2.79. The van der Waals surface area contributed by atoms with Crippen LogP contribution in [0, 0.1) is 0 Å². The summed E-state index contributed by atoms with van der Waals surface area (Å²) in [6.45, 7) is 2.79. The maximum Gasteiger partial charge on any atom is 0.242 e. The van der Waals surface area contributed by atoms with Gasteiger partial charge in [-0.3, -0.25) is 0 Å². The maximum absolute atomic E-state index is 12.4. The van der Waals surface area contributed by atoms with Crippen molar-refractivity contribution in [1.82, 2.24) is 14.9 Å². The van der Waals surface area contributed by atoms with Gasteiger partial charge in [0.05, 0.1) is 5.02 Å². The molecule has 5 nitrogen and oxygen atoms in total. The van der Waals surface area contributed by atoms with Crippen LogP contribution in [0.3, 0.4) is 0 Å². The van der Waals surface area contributed by atoms with Crippen molar-refractivity contribution in [1.29, 1.82) is 0 Å². The Morgan fingerprint density at radius 1 is 1.29 bits per heavy atom. The van der Waals surface area contributed by atoms with Gasteiger partial charge in [0.1, 0.15) is 4.90 Å². The Balaban J connectivity index is 3.11. The van der Waals surface area contributed by atoms with Crippen LogP contribution in [-0.4, -0.2) is 47.0 Å². The highest BCUT2D eigenvalue weighted by molar-refractivity contribution is 7.89. The van der Waals surface area contributed by atoms with Crippen LogP contribution in [0.2, 0.25) is 10.0 Å². The summed E-state index contributed by atoms with van der Waals surface area (Å²) in [6.07, 6.45) is 0. The molecule has 0 aliphatic heterocycles. The predicted octanol–water partition coefficient (Wildman–Crippen LogP) is 1.94. The van der Waals surface area contributed by atoms with Crippen molar-refractivity contribution >= 4 is 33.2 Å². The first-order valence-electron chi connectivity index (χ1n) is 6.47. The fourth-order valence-electron chi connectivity index (χ4n) is 2.04. The predicted molar refractivity (Wildman–Crippen MR) is 87.6 cm³/mol. The zero-order valence-electron chi connectivity index (χ0n) is 12.6. The van der Waals surface area contributed by atoms with Crippen molar-refractivity contribution in [2.45, 2.75) is 24.4 Å². The summed E-state index contributed by atoms with van der Waals surface area (Å²) in [5.41, 5.74) is 0.573. The van der Waals surface area contributed by atoms with E-state index in [-0.39, 0.29) is 16.0 Å². The molecule has 1 rings (SSSR count). The molecule has 2 N–H and O–H groups in total. The molecule has 0 fully saturated rings. The zero-order chi connectivity index (χ0) is 16.2. The van der Waals surface area contributed by atoms with Gasteiger partial charge in [-0.1, -0.05) is 23.2 Å². The van der Waals surface area contributed by atoms with Crippen molar-refractivity contribution < 1.29 is 8.42 Å². The molecule has 1 aromatic rings. The number of halogens is 2. The number of nitrogens with one attached hydrogen (secondary N) is 2. The summed E-state index contributed by atoms with van der Waals surface area (Å²) in [7, 11) is 1.81. The zero-order valence-corrected chi connectivity index (χ0v) is 14.9. The summed E-state index contributed by atoms with van der Waals surface area (Å²) in [5, 5.41) is 3.51. The van der Waals surface area contributed by atoms with Gasteiger partial charge in [-0.15, -0.1) is 0 Å². The monoisotopic (exact) mass is 353 g/mol. The third-order valence-corrected chi connectivity index (χ3v) is 5.32. The van der Waals surface area contributed by atoms with Gasteiger partial charge in [0.2, 0.25) is 10.0 Å². The Kier molecular flexibility index (Phi) is 6.90. The lowest BCUT2D eigenvalue weighted by atomic mass is 10.2. The average Bonchev–Trinajstić information content (AvgIpc) is 2.32.